The number of pyridine rings is 1. The van der Waals surface area contributed by atoms with Crippen molar-refractivity contribution < 1.29 is 0 Å². The van der Waals surface area contributed by atoms with Crippen LogP contribution in [0.25, 0.3) is 21.6 Å². The molecule has 0 unspecified atom stereocenters. The average Bonchev–Trinajstić information content (AvgIpc) is 3.17. The molecule has 3 aromatic heterocycles. The molecular weight excluding hydrogens is 402 g/mol. The summed E-state index contributed by atoms with van der Waals surface area (Å²) in [4.78, 5) is 20.7. The second kappa shape index (κ2) is 7.69. The van der Waals surface area contributed by atoms with Crippen molar-refractivity contribution in [3.05, 3.63) is 64.5 Å². The zero-order chi connectivity index (χ0) is 19.8. The van der Waals surface area contributed by atoms with Gasteiger partial charge in [0.05, 0.1) is 15.2 Å². The highest BCUT2D eigenvalue weighted by Crippen LogP contribution is 2.35. The zero-order valence-electron chi connectivity index (χ0n) is 16.0. The lowest BCUT2D eigenvalue weighted by atomic mass is 9.97. The predicted octanol–water partition coefficient (Wildman–Crippen LogP) is 5.49. The summed E-state index contributed by atoms with van der Waals surface area (Å²) in [5.74, 6) is 2.25. The second-order valence-electron chi connectivity index (χ2n) is 7.35. The summed E-state index contributed by atoms with van der Waals surface area (Å²) in [7, 11) is 0. The van der Waals surface area contributed by atoms with Crippen LogP contribution in [0.5, 0.6) is 0 Å². The Kier molecular flexibility index (Phi) is 4.89. The molecule has 0 radical (unpaired) electrons. The fourth-order valence-electron chi connectivity index (χ4n) is 3.79. The number of halogens is 1. The van der Waals surface area contributed by atoms with Gasteiger partial charge in [-0.05, 0) is 50.1 Å². The number of rotatable bonds is 3. The maximum atomic E-state index is 6.11. The molecular formula is C22H20ClN5S. The lowest BCUT2D eigenvalue weighted by Crippen LogP contribution is -2.33. The monoisotopic (exact) mass is 421 g/mol. The molecule has 4 aromatic rings. The summed E-state index contributed by atoms with van der Waals surface area (Å²) in [5.41, 5.74) is 2.98. The van der Waals surface area contributed by atoms with Gasteiger partial charge in [-0.25, -0.2) is 15.0 Å². The van der Waals surface area contributed by atoms with E-state index < -0.39 is 0 Å². The van der Waals surface area contributed by atoms with Crippen LogP contribution in [0, 0.1) is 6.92 Å². The van der Waals surface area contributed by atoms with Crippen molar-refractivity contribution in [3.8, 4) is 11.4 Å². The van der Waals surface area contributed by atoms with E-state index in [0.29, 0.717) is 5.92 Å². The van der Waals surface area contributed by atoms with Crippen LogP contribution in [0.3, 0.4) is 0 Å². The normalized spacial score (nSPS) is 15.2. The van der Waals surface area contributed by atoms with E-state index in [1.807, 2.05) is 31.2 Å². The number of benzene rings is 1. The lowest BCUT2D eigenvalue weighted by molar-refractivity contribution is 0.501. The molecule has 1 aliphatic heterocycles. The van der Waals surface area contributed by atoms with Gasteiger partial charge in [-0.2, -0.15) is 0 Å². The number of nitrogens with zero attached hydrogens (tertiary/aromatic N) is 5. The molecule has 1 aromatic carbocycles. The van der Waals surface area contributed by atoms with Crippen LogP contribution >= 0.6 is 22.9 Å². The summed E-state index contributed by atoms with van der Waals surface area (Å²) in [6.45, 7) is 3.95. The van der Waals surface area contributed by atoms with E-state index in [1.165, 1.54) is 9.71 Å². The van der Waals surface area contributed by atoms with Gasteiger partial charge in [0.2, 0.25) is 0 Å². The standard InChI is InChI=1S/C22H20ClN5S/c1-14-12-20(27-21(25-14)15-4-8-24-9-5-15)28-10-6-16(7-11-28)22-26-18-13-17(23)2-3-19(18)29-22/h2-5,8-9,12-13,16H,6-7,10-11H2,1H3. The average molecular weight is 422 g/mol. The summed E-state index contributed by atoms with van der Waals surface area (Å²) < 4.78 is 1.21. The number of anilines is 1. The van der Waals surface area contributed by atoms with Crippen LogP contribution in [-0.2, 0) is 0 Å². The van der Waals surface area contributed by atoms with Crippen LogP contribution in [0.1, 0.15) is 29.5 Å². The summed E-state index contributed by atoms with van der Waals surface area (Å²) in [6, 6.07) is 11.9. The Morgan fingerprint density at radius 1 is 1.00 bits per heavy atom. The first kappa shape index (κ1) is 18.5. The summed E-state index contributed by atoms with van der Waals surface area (Å²) in [5, 5.41) is 1.96. The van der Waals surface area contributed by atoms with Crippen molar-refractivity contribution in [1.82, 2.24) is 19.9 Å². The highest BCUT2D eigenvalue weighted by atomic mass is 35.5. The molecule has 1 aliphatic rings. The molecule has 5 nitrogen and oxygen atoms in total. The maximum Gasteiger partial charge on any atom is 0.161 e. The fraction of sp³-hybridized carbons (Fsp3) is 0.273. The van der Waals surface area contributed by atoms with E-state index >= 15 is 0 Å². The molecule has 7 heteroatoms. The Labute approximate surface area is 178 Å². The lowest BCUT2D eigenvalue weighted by Gasteiger charge is -2.32. The fourth-order valence-corrected chi connectivity index (χ4v) is 5.08. The Balaban J connectivity index is 1.34. The largest absolute Gasteiger partial charge is 0.356 e. The van der Waals surface area contributed by atoms with E-state index in [0.717, 1.165) is 59.4 Å². The van der Waals surface area contributed by atoms with Crippen LogP contribution in [0.15, 0.2) is 48.8 Å². The van der Waals surface area contributed by atoms with E-state index in [4.69, 9.17) is 21.6 Å². The van der Waals surface area contributed by atoms with E-state index in [2.05, 4.69) is 27.0 Å². The first-order chi connectivity index (χ1) is 14.2. The number of hydrogen-bond donors (Lipinski definition) is 0. The van der Waals surface area contributed by atoms with Crippen molar-refractivity contribution >= 4 is 39.0 Å². The maximum absolute atomic E-state index is 6.11. The number of piperidine rings is 1. The Bertz CT molecular complexity index is 1150. The van der Waals surface area contributed by atoms with Gasteiger partial charge in [-0.15, -0.1) is 11.3 Å². The molecule has 0 amide bonds. The second-order valence-corrected chi connectivity index (χ2v) is 8.85. The number of fused-ring (bicyclic) bond motifs is 1. The summed E-state index contributed by atoms with van der Waals surface area (Å²) in [6.07, 6.45) is 5.69. The van der Waals surface area contributed by atoms with Crippen molar-refractivity contribution in [3.63, 3.8) is 0 Å². The van der Waals surface area contributed by atoms with Gasteiger partial charge >= 0.3 is 0 Å². The molecule has 0 saturated carbocycles. The van der Waals surface area contributed by atoms with Crippen molar-refractivity contribution in [1.29, 1.82) is 0 Å². The van der Waals surface area contributed by atoms with Gasteiger partial charge < -0.3 is 4.90 Å². The molecule has 146 valence electrons. The molecule has 4 heterocycles. The molecule has 0 spiro atoms. The van der Waals surface area contributed by atoms with Crippen molar-refractivity contribution in [2.24, 2.45) is 0 Å². The Morgan fingerprint density at radius 2 is 1.79 bits per heavy atom. The Hall–Kier alpha value is -2.57. The molecule has 1 saturated heterocycles. The van der Waals surface area contributed by atoms with Crippen LogP contribution in [0.4, 0.5) is 5.82 Å². The first-order valence-corrected chi connectivity index (χ1v) is 10.9. The Morgan fingerprint density at radius 3 is 2.59 bits per heavy atom. The van der Waals surface area contributed by atoms with Gasteiger partial charge in [-0.1, -0.05) is 11.6 Å². The third-order valence-electron chi connectivity index (χ3n) is 5.31. The van der Waals surface area contributed by atoms with Crippen LogP contribution in [0.2, 0.25) is 5.02 Å². The third-order valence-corrected chi connectivity index (χ3v) is 6.75. The molecule has 1 fully saturated rings. The molecule has 0 N–H and O–H groups in total. The summed E-state index contributed by atoms with van der Waals surface area (Å²) >= 11 is 7.90. The minimum absolute atomic E-state index is 0.491. The van der Waals surface area contributed by atoms with Crippen molar-refractivity contribution in [2.75, 3.05) is 18.0 Å². The molecule has 0 atom stereocenters. The molecule has 0 bridgehead atoms. The number of aromatic nitrogens is 4. The molecule has 29 heavy (non-hydrogen) atoms. The minimum atomic E-state index is 0.491. The van der Waals surface area contributed by atoms with Crippen molar-refractivity contribution in [2.45, 2.75) is 25.7 Å². The quantitative estimate of drug-likeness (QED) is 0.437. The predicted molar refractivity (Wildman–Crippen MR) is 119 cm³/mol. The minimum Gasteiger partial charge on any atom is -0.356 e. The zero-order valence-corrected chi connectivity index (χ0v) is 17.6. The van der Waals surface area contributed by atoms with E-state index in [1.54, 1.807) is 23.7 Å². The molecule has 5 rings (SSSR count). The topological polar surface area (TPSA) is 54.8 Å². The van der Waals surface area contributed by atoms with Gasteiger partial charge in [0.25, 0.3) is 0 Å². The number of aryl methyl sites for hydroxylation is 1. The van der Waals surface area contributed by atoms with Crippen LogP contribution < -0.4 is 4.90 Å². The van der Waals surface area contributed by atoms with Gasteiger partial charge in [0.1, 0.15) is 5.82 Å². The van der Waals surface area contributed by atoms with E-state index in [-0.39, 0.29) is 0 Å². The molecule has 0 aliphatic carbocycles. The highest BCUT2D eigenvalue weighted by molar-refractivity contribution is 7.18. The van der Waals surface area contributed by atoms with Gasteiger partial charge in [0.15, 0.2) is 5.82 Å². The first-order valence-electron chi connectivity index (χ1n) is 9.73. The number of hydrogen-bond acceptors (Lipinski definition) is 6. The smallest absolute Gasteiger partial charge is 0.161 e. The number of thiazole rings is 1. The third kappa shape index (κ3) is 3.82. The van der Waals surface area contributed by atoms with Crippen LogP contribution in [-0.4, -0.2) is 33.0 Å². The van der Waals surface area contributed by atoms with Gasteiger partial charge in [-0.3, -0.25) is 4.98 Å². The van der Waals surface area contributed by atoms with Gasteiger partial charge in [0, 0.05) is 53.7 Å². The SMILES string of the molecule is Cc1cc(N2CCC(c3nc4cc(Cl)ccc4s3)CC2)nc(-c2ccncc2)n1. The highest BCUT2D eigenvalue weighted by Gasteiger charge is 2.24. The van der Waals surface area contributed by atoms with E-state index in [9.17, 15) is 0 Å².